The van der Waals surface area contributed by atoms with Gasteiger partial charge in [-0.05, 0) is 54.3 Å². The molecule has 0 N–H and O–H groups in total. The van der Waals surface area contributed by atoms with Crippen LogP contribution >= 0.6 is 11.3 Å². The number of carbonyl (C=O) groups is 1. The minimum atomic E-state index is -0.439. The molecule has 1 aliphatic heterocycles. The second kappa shape index (κ2) is 9.75. The number of amides is 1. The predicted octanol–water partition coefficient (Wildman–Crippen LogP) is 5.33. The van der Waals surface area contributed by atoms with Crippen molar-refractivity contribution in [1.29, 1.82) is 0 Å². The van der Waals surface area contributed by atoms with E-state index in [4.69, 9.17) is 4.74 Å². The van der Waals surface area contributed by atoms with E-state index in [1.807, 2.05) is 22.4 Å². The van der Waals surface area contributed by atoms with Crippen molar-refractivity contribution in [3.05, 3.63) is 92.2 Å². The molecule has 31 heavy (non-hydrogen) atoms. The van der Waals surface area contributed by atoms with Gasteiger partial charge >= 0.3 is 0 Å². The highest BCUT2D eigenvalue weighted by molar-refractivity contribution is 7.12. The highest BCUT2D eigenvalue weighted by atomic mass is 32.1. The van der Waals surface area contributed by atoms with Crippen LogP contribution in [0.4, 0.5) is 5.69 Å². The Balaban J connectivity index is 1.27. The number of piperidine rings is 1. The van der Waals surface area contributed by atoms with Gasteiger partial charge in [0.05, 0.1) is 9.80 Å². The minimum Gasteiger partial charge on any atom is -0.489 e. The zero-order valence-corrected chi connectivity index (χ0v) is 17.9. The van der Waals surface area contributed by atoms with Gasteiger partial charge in [0.25, 0.3) is 11.6 Å². The Hall–Kier alpha value is -3.19. The van der Waals surface area contributed by atoms with E-state index < -0.39 is 4.92 Å². The van der Waals surface area contributed by atoms with Gasteiger partial charge in [-0.15, -0.1) is 11.3 Å². The SMILES string of the molecule is O=C(c1cc(COc2ccc([N+](=O)[O-])cc2)cs1)N1CCC(Cc2ccccc2)CC1. The number of rotatable bonds is 7. The lowest BCUT2D eigenvalue weighted by atomic mass is 9.90. The summed E-state index contributed by atoms with van der Waals surface area (Å²) in [4.78, 5) is 25.8. The minimum absolute atomic E-state index is 0.0308. The molecule has 2 heterocycles. The molecule has 0 spiro atoms. The molecule has 1 aromatic heterocycles. The average molecular weight is 437 g/mol. The Kier molecular flexibility index (Phi) is 6.62. The molecule has 0 atom stereocenters. The first-order valence-corrected chi connectivity index (χ1v) is 11.2. The van der Waals surface area contributed by atoms with Crippen LogP contribution in [0.2, 0.25) is 0 Å². The van der Waals surface area contributed by atoms with Crippen molar-refractivity contribution in [2.75, 3.05) is 13.1 Å². The molecule has 1 fully saturated rings. The van der Waals surface area contributed by atoms with Crippen LogP contribution in [0.25, 0.3) is 0 Å². The maximum atomic E-state index is 12.9. The smallest absolute Gasteiger partial charge is 0.269 e. The van der Waals surface area contributed by atoms with Gasteiger partial charge in [0.2, 0.25) is 0 Å². The summed E-state index contributed by atoms with van der Waals surface area (Å²) in [5.41, 5.74) is 2.32. The zero-order valence-electron chi connectivity index (χ0n) is 17.1. The second-order valence-corrected chi connectivity index (χ2v) is 8.70. The number of likely N-dealkylation sites (tertiary alicyclic amines) is 1. The highest BCUT2D eigenvalue weighted by Crippen LogP contribution is 2.25. The van der Waals surface area contributed by atoms with E-state index in [1.54, 1.807) is 12.1 Å². The molecule has 1 amide bonds. The fraction of sp³-hybridized carbons (Fsp3) is 0.292. The molecular weight excluding hydrogens is 412 g/mol. The highest BCUT2D eigenvalue weighted by Gasteiger charge is 2.24. The largest absolute Gasteiger partial charge is 0.489 e. The number of carbonyl (C=O) groups excluding carboxylic acids is 1. The van der Waals surface area contributed by atoms with E-state index in [1.165, 1.54) is 29.0 Å². The van der Waals surface area contributed by atoms with Crippen molar-refractivity contribution in [3.63, 3.8) is 0 Å². The number of nitrogens with zero attached hydrogens (tertiary/aromatic N) is 2. The average Bonchev–Trinajstić information content (AvgIpc) is 3.28. The molecule has 2 aromatic carbocycles. The molecule has 0 aliphatic carbocycles. The van der Waals surface area contributed by atoms with Gasteiger partial charge in [0, 0.05) is 30.8 Å². The van der Waals surface area contributed by atoms with Gasteiger partial charge in [-0.3, -0.25) is 14.9 Å². The van der Waals surface area contributed by atoms with Crippen LogP contribution in [-0.2, 0) is 13.0 Å². The fourth-order valence-electron chi connectivity index (χ4n) is 3.84. The predicted molar refractivity (Wildman–Crippen MR) is 121 cm³/mol. The van der Waals surface area contributed by atoms with Crippen molar-refractivity contribution in [1.82, 2.24) is 4.90 Å². The van der Waals surface area contributed by atoms with Gasteiger partial charge in [0.1, 0.15) is 12.4 Å². The second-order valence-electron chi connectivity index (χ2n) is 7.78. The zero-order chi connectivity index (χ0) is 21.6. The monoisotopic (exact) mass is 436 g/mol. The van der Waals surface area contributed by atoms with Crippen molar-refractivity contribution < 1.29 is 14.5 Å². The summed E-state index contributed by atoms with van der Waals surface area (Å²) < 4.78 is 5.70. The Labute approximate surface area is 185 Å². The topological polar surface area (TPSA) is 72.7 Å². The number of thiophene rings is 1. The molecule has 4 rings (SSSR count). The van der Waals surface area contributed by atoms with E-state index in [0.29, 0.717) is 18.3 Å². The lowest BCUT2D eigenvalue weighted by Crippen LogP contribution is -2.38. The summed E-state index contributed by atoms with van der Waals surface area (Å²) in [5.74, 6) is 1.27. The lowest BCUT2D eigenvalue weighted by Gasteiger charge is -2.31. The number of nitro groups is 1. The van der Waals surface area contributed by atoms with Crippen LogP contribution in [0.5, 0.6) is 5.75 Å². The van der Waals surface area contributed by atoms with Crippen LogP contribution in [0.3, 0.4) is 0 Å². The van der Waals surface area contributed by atoms with Gasteiger partial charge in [-0.2, -0.15) is 0 Å². The fourth-order valence-corrected chi connectivity index (χ4v) is 4.70. The van der Waals surface area contributed by atoms with E-state index in [0.717, 1.165) is 42.8 Å². The van der Waals surface area contributed by atoms with Crippen LogP contribution in [0.15, 0.2) is 66.0 Å². The number of nitro benzene ring substituents is 1. The lowest BCUT2D eigenvalue weighted by molar-refractivity contribution is -0.384. The quantitative estimate of drug-likeness (QED) is 0.371. The molecular formula is C24H24N2O4S. The first kappa shape index (κ1) is 21.1. The molecule has 6 nitrogen and oxygen atoms in total. The normalized spacial score (nSPS) is 14.4. The van der Waals surface area contributed by atoms with Crippen molar-refractivity contribution in [2.45, 2.75) is 25.9 Å². The molecule has 0 unspecified atom stereocenters. The first-order chi connectivity index (χ1) is 15.1. The number of benzene rings is 2. The molecule has 3 aromatic rings. The van der Waals surface area contributed by atoms with Gasteiger partial charge < -0.3 is 9.64 Å². The van der Waals surface area contributed by atoms with Crippen LogP contribution in [-0.4, -0.2) is 28.8 Å². The van der Waals surface area contributed by atoms with Crippen LogP contribution < -0.4 is 4.74 Å². The summed E-state index contributed by atoms with van der Waals surface area (Å²) in [6.07, 6.45) is 3.14. The summed E-state index contributed by atoms with van der Waals surface area (Å²) in [6, 6.07) is 18.4. The summed E-state index contributed by atoms with van der Waals surface area (Å²) in [6.45, 7) is 1.91. The van der Waals surface area contributed by atoms with Gasteiger partial charge in [-0.1, -0.05) is 30.3 Å². The molecule has 0 bridgehead atoms. The summed E-state index contributed by atoms with van der Waals surface area (Å²) in [7, 11) is 0. The van der Waals surface area contributed by atoms with Crippen LogP contribution in [0, 0.1) is 16.0 Å². The first-order valence-electron chi connectivity index (χ1n) is 10.4. The number of non-ortho nitro benzene ring substituents is 1. The van der Waals surface area contributed by atoms with E-state index >= 15 is 0 Å². The van der Waals surface area contributed by atoms with Crippen LogP contribution in [0.1, 0.15) is 33.6 Å². The third-order valence-corrected chi connectivity index (χ3v) is 6.55. The van der Waals surface area contributed by atoms with E-state index in [9.17, 15) is 14.9 Å². The standard InChI is InChI=1S/C24H24N2O4S/c27-24(25-12-10-19(11-13-25)14-18-4-2-1-3-5-18)23-15-20(17-31-23)16-30-22-8-6-21(7-9-22)26(28)29/h1-9,15,17,19H,10-14,16H2. The van der Waals surface area contributed by atoms with E-state index in [2.05, 4.69) is 24.3 Å². The van der Waals surface area contributed by atoms with Crippen molar-refractivity contribution in [3.8, 4) is 5.75 Å². The number of hydrogen-bond donors (Lipinski definition) is 0. The van der Waals surface area contributed by atoms with Gasteiger partial charge in [-0.25, -0.2) is 0 Å². The molecule has 1 saturated heterocycles. The molecule has 0 radical (unpaired) electrons. The number of ether oxygens (including phenoxy) is 1. The third-order valence-electron chi connectivity index (χ3n) is 5.59. The third kappa shape index (κ3) is 5.49. The summed E-state index contributed by atoms with van der Waals surface area (Å²) in [5, 5.41) is 12.7. The maximum absolute atomic E-state index is 12.9. The molecule has 0 saturated carbocycles. The molecule has 7 heteroatoms. The summed E-state index contributed by atoms with van der Waals surface area (Å²) >= 11 is 1.44. The number of hydrogen-bond acceptors (Lipinski definition) is 5. The molecule has 160 valence electrons. The Bertz CT molecular complexity index is 1030. The maximum Gasteiger partial charge on any atom is 0.269 e. The Morgan fingerprint density at radius 2 is 1.77 bits per heavy atom. The molecule has 1 aliphatic rings. The Morgan fingerprint density at radius 1 is 1.06 bits per heavy atom. The Morgan fingerprint density at radius 3 is 2.45 bits per heavy atom. The van der Waals surface area contributed by atoms with E-state index in [-0.39, 0.29) is 11.6 Å². The van der Waals surface area contributed by atoms with Gasteiger partial charge in [0.15, 0.2) is 0 Å². The van der Waals surface area contributed by atoms with Crippen molar-refractivity contribution >= 4 is 22.9 Å². The van der Waals surface area contributed by atoms with Crippen molar-refractivity contribution in [2.24, 2.45) is 5.92 Å².